The predicted octanol–water partition coefficient (Wildman–Crippen LogP) is 1.69. The largest absolute Gasteiger partial charge is 0.398 e. The van der Waals surface area contributed by atoms with E-state index >= 15 is 0 Å². The van der Waals surface area contributed by atoms with Gasteiger partial charge in [0.25, 0.3) is 0 Å². The second kappa shape index (κ2) is 2.45. The first kappa shape index (κ1) is 7.32. The molecule has 4 heteroatoms. The number of anilines is 1. The molecule has 68 valence electrons. The average Bonchev–Trinajstić information content (AvgIpc) is 2.66. The quantitative estimate of drug-likeness (QED) is 0.558. The number of rotatable bonds is 0. The molecule has 0 radical (unpaired) electrons. The fourth-order valence-corrected chi connectivity index (χ4v) is 1.64. The van der Waals surface area contributed by atoms with Crippen molar-refractivity contribution in [2.45, 2.75) is 0 Å². The summed E-state index contributed by atoms with van der Waals surface area (Å²) in [5.74, 6) is 0. The molecule has 0 aliphatic carbocycles. The van der Waals surface area contributed by atoms with Crippen LogP contribution in [0, 0.1) is 0 Å². The van der Waals surface area contributed by atoms with Crippen molar-refractivity contribution in [3.8, 4) is 0 Å². The number of nitrogens with one attached hydrogen (secondary N) is 1. The first-order valence-corrected chi connectivity index (χ1v) is 4.32. The number of aromatic nitrogens is 3. The van der Waals surface area contributed by atoms with Gasteiger partial charge in [-0.25, -0.2) is 4.98 Å². The van der Waals surface area contributed by atoms with Gasteiger partial charge in [-0.3, -0.25) is 4.98 Å². The van der Waals surface area contributed by atoms with E-state index in [0.717, 1.165) is 27.6 Å². The molecule has 0 bridgehead atoms. The zero-order chi connectivity index (χ0) is 9.54. The summed E-state index contributed by atoms with van der Waals surface area (Å²) in [6.07, 6.45) is 3.36. The highest BCUT2D eigenvalue weighted by Crippen LogP contribution is 2.24. The number of pyridine rings is 1. The Bertz CT molecular complexity index is 612. The molecule has 2 aromatic heterocycles. The number of H-pyrrole nitrogens is 1. The Morgan fingerprint density at radius 1 is 1.07 bits per heavy atom. The topological polar surface area (TPSA) is 67.6 Å². The summed E-state index contributed by atoms with van der Waals surface area (Å²) in [7, 11) is 0. The number of hydrogen-bond donors (Lipinski definition) is 2. The van der Waals surface area contributed by atoms with Crippen molar-refractivity contribution in [1.29, 1.82) is 0 Å². The monoisotopic (exact) mass is 184 g/mol. The van der Waals surface area contributed by atoms with Gasteiger partial charge in [-0.2, -0.15) is 0 Å². The Morgan fingerprint density at radius 2 is 2.00 bits per heavy atom. The highest BCUT2D eigenvalue weighted by molar-refractivity contribution is 6.05. The summed E-state index contributed by atoms with van der Waals surface area (Å²) in [6, 6.07) is 5.71. The molecular weight excluding hydrogens is 176 g/mol. The van der Waals surface area contributed by atoms with Gasteiger partial charge in [0, 0.05) is 17.3 Å². The normalized spacial score (nSPS) is 11.1. The van der Waals surface area contributed by atoms with E-state index in [9.17, 15) is 0 Å². The summed E-state index contributed by atoms with van der Waals surface area (Å²) in [4.78, 5) is 11.5. The second-order valence-corrected chi connectivity index (χ2v) is 3.16. The van der Waals surface area contributed by atoms with Gasteiger partial charge in [0.05, 0.1) is 11.8 Å². The summed E-state index contributed by atoms with van der Waals surface area (Å²) < 4.78 is 0. The minimum absolute atomic E-state index is 0.736. The van der Waals surface area contributed by atoms with E-state index < -0.39 is 0 Å². The zero-order valence-corrected chi connectivity index (χ0v) is 7.36. The van der Waals surface area contributed by atoms with Crippen molar-refractivity contribution in [3.05, 3.63) is 30.7 Å². The molecule has 0 fully saturated rings. The molecule has 3 N–H and O–H groups in total. The van der Waals surface area contributed by atoms with E-state index in [1.54, 1.807) is 18.6 Å². The Hall–Kier alpha value is -2.10. The van der Waals surface area contributed by atoms with Gasteiger partial charge < -0.3 is 10.7 Å². The maximum Gasteiger partial charge on any atom is 0.115 e. The summed E-state index contributed by atoms with van der Waals surface area (Å²) in [5, 5.41) is 0.951. The first-order chi connectivity index (χ1) is 6.86. The maximum atomic E-state index is 5.84. The number of nitrogen functional groups attached to an aromatic ring is 1. The molecule has 0 saturated heterocycles. The number of imidazole rings is 1. The molecule has 0 amide bonds. The van der Waals surface area contributed by atoms with Crippen LogP contribution in [0.3, 0.4) is 0 Å². The average molecular weight is 184 g/mol. The van der Waals surface area contributed by atoms with Gasteiger partial charge in [-0.1, -0.05) is 0 Å². The number of nitrogens with zero attached hydrogens (tertiary/aromatic N) is 2. The third kappa shape index (κ3) is 0.821. The lowest BCUT2D eigenvalue weighted by Crippen LogP contribution is -1.89. The van der Waals surface area contributed by atoms with E-state index in [1.165, 1.54) is 0 Å². The van der Waals surface area contributed by atoms with Crippen LogP contribution in [0.5, 0.6) is 0 Å². The van der Waals surface area contributed by atoms with E-state index in [0.29, 0.717) is 0 Å². The molecule has 1 aromatic carbocycles. The van der Waals surface area contributed by atoms with Gasteiger partial charge >= 0.3 is 0 Å². The van der Waals surface area contributed by atoms with E-state index in [1.807, 2.05) is 12.1 Å². The lowest BCUT2D eigenvalue weighted by atomic mass is 10.1. The standard InChI is InChI=1S/C10H8N4/c11-7-3-4-12-9-6(7)1-2-8-10(9)14-5-13-8/h1-5H,(H2,11,12)(H,13,14). The molecule has 0 atom stereocenters. The number of benzene rings is 1. The highest BCUT2D eigenvalue weighted by Gasteiger charge is 2.04. The Kier molecular flexibility index (Phi) is 1.28. The van der Waals surface area contributed by atoms with Crippen LogP contribution in [-0.2, 0) is 0 Å². The van der Waals surface area contributed by atoms with E-state index in [2.05, 4.69) is 15.0 Å². The van der Waals surface area contributed by atoms with Crippen molar-refractivity contribution >= 4 is 27.6 Å². The molecular formula is C10H8N4. The fraction of sp³-hybridized carbons (Fsp3) is 0. The van der Waals surface area contributed by atoms with Gasteiger partial charge in [-0.05, 0) is 18.2 Å². The summed E-state index contributed by atoms with van der Waals surface area (Å²) >= 11 is 0. The first-order valence-electron chi connectivity index (χ1n) is 4.32. The number of nitrogens with two attached hydrogens (primary N) is 1. The Morgan fingerprint density at radius 3 is 2.93 bits per heavy atom. The van der Waals surface area contributed by atoms with Crippen LogP contribution < -0.4 is 5.73 Å². The van der Waals surface area contributed by atoms with Crippen LogP contribution >= 0.6 is 0 Å². The minimum Gasteiger partial charge on any atom is -0.398 e. The molecule has 0 aliphatic rings. The molecule has 3 rings (SSSR count). The predicted molar refractivity (Wildman–Crippen MR) is 55.8 cm³/mol. The Balaban J connectivity index is 2.64. The molecule has 0 saturated carbocycles. The van der Waals surface area contributed by atoms with Crippen LogP contribution in [0.4, 0.5) is 5.69 Å². The molecule has 0 spiro atoms. The summed E-state index contributed by atoms with van der Waals surface area (Å²) in [5.41, 5.74) is 9.28. The van der Waals surface area contributed by atoms with Crippen molar-refractivity contribution < 1.29 is 0 Å². The molecule has 4 nitrogen and oxygen atoms in total. The second-order valence-electron chi connectivity index (χ2n) is 3.16. The number of aromatic amines is 1. The minimum atomic E-state index is 0.736. The van der Waals surface area contributed by atoms with Gasteiger partial charge in [-0.15, -0.1) is 0 Å². The van der Waals surface area contributed by atoms with Crippen molar-refractivity contribution in [2.75, 3.05) is 5.73 Å². The van der Waals surface area contributed by atoms with Crippen LogP contribution in [-0.4, -0.2) is 15.0 Å². The van der Waals surface area contributed by atoms with E-state index in [-0.39, 0.29) is 0 Å². The molecule has 0 unspecified atom stereocenters. The lowest BCUT2D eigenvalue weighted by molar-refractivity contribution is 1.34. The molecule has 0 aliphatic heterocycles. The van der Waals surface area contributed by atoms with Gasteiger partial charge in [0.2, 0.25) is 0 Å². The SMILES string of the molecule is Nc1ccnc2c1ccc1[nH]cnc12. The third-order valence-electron chi connectivity index (χ3n) is 2.33. The molecule has 2 heterocycles. The van der Waals surface area contributed by atoms with Crippen LogP contribution in [0.2, 0.25) is 0 Å². The number of fused-ring (bicyclic) bond motifs is 3. The van der Waals surface area contributed by atoms with Crippen LogP contribution in [0.1, 0.15) is 0 Å². The molecule has 3 aromatic rings. The van der Waals surface area contributed by atoms with Crippen LogP contribution in [0.15, 0.2) is 30.7 Å². The highest BCUT2D eigenvalue weighted by atomic mass is 14.9. The smallest absolute Gasteiger partial charge is 0.115 e. The number of hydrogen-bond acceptors (Lipinski definition) is 3. The maximum absolute atomic E-state index is 5.84. The molecule has 14 heavy (non-hydrogen) atoms. The fourth-order valence-electron chi connectivity index (χ4n) is 1.64. The van der Waals surface area contributed by atoms with Crippen molar-refractivity contribution in [3.63, 3.8) is 0 Å². The lowest BCUT2D eigenvalue weighted by Gasteiger charge is -2.00. The van der Waals surface area contributed by atoms with Crippen molar-refractivity contribution in [1.82, 2.24) is 15.0 Å². The van der Waals surface area contributed by atoms with Gasteiger partial charge in [0.15, 0.2) is 0 Å². The van der Waals surface area contributed by atoms with Crippen molar-refractivity contribution in [2.24, 2.45) is 0 Å². The Labute approximate surface area is 79.8 Å². The third-order valence-corrected chi connectivity index (χ3v) is 2.33. The van der Waals surface area contributed by atoms with Crippen LogP contribution in [0.25, 0.3) is 21.9 Å². The van der Waals surface area contributed by atoms with E-state index in [4.69, 9.17) is 5.73 Å². The van der Waals surface area contributed by atoms with Gasteiger partial charge in [0.1, 0.15) is 11.0 Å². The zero-order valence-electron chi connectivity index (χ0n) is 7.36. The summed E-state index contributed by atoms with van der Waals surface area (Å²) in [6.45, 7) is 0.